The second kappa shape index (κ2) is 6.12. The van der Waals surface area contributed by atoms with Crippen molar-refractivity contribution < 1.29 is 15.1 Å². The van der Waals surface area contributed by atoms with E-state index in [4.69, 9.17) is 5.73 Å². The summed E-state index contributed by atoms with van der Waals surface area (Å²) in [5.41, 5.74) is 5.54. The monoisotopic (exact) mass is 318 g/mol. The summed E-state index contributed by atoms with van der Waals surface area (Å²) in [7, 11) is 0. The van der Waals surface area contributed by atoms with Gasteiger partial charge in [0.15, 0.2) is 5.75 Å². The van der Waals surface area contributed by atoms with E-state index in [1.165, 1.54) is 12.1 Å². The van der Waals surface area contributed by atoms with Gasteiger partial charge < -0.3 is 15.9 Å². The quantitative estimate of drug-likeness (QED) is 0.569. The molecule has 0 unspecified atom stereocenters. The zero-order valence-corrected chi connectivity index (χ0v) is 11.4. The minimum Gasteiger partial charge on any atom is -0.502 e. The highest BCUT2D eigenvalue weighted by Gasteiger charge is 2.25. The molecule has 1 rings (SSSR count). The van der Waals surface area contributed by atoms with Crippen molar-refractivity contribution in [2.45, 2.75) is 31.9 Å². The maximum Gasteiger partial charge on any atom is 0.312 e. The van der Waals surface area contributed by atoms with Gasteiger partial charge in [0.25, 0.3) is 0 Å². The first-order valence-electron chi connectivity index (χ1n) is 5.48. The summed E-state index contributed by atoms with van der Waals surface area (Å²) in [6.45, 7) is 1.89. The van der Waals surface area contributed by atoms with Gasteiger partial charge in [0.05, 0.1) is 17.1 Å². The standard InChI is InChI=1S/C11H15BrN2O4/c1-2-3-9(15)10(13)7-4-6(12)5-8(11(7)16)14(17)18/h4-5,9-10,15-16H,2-3,13H2,1H3/t9-,10+/m0/s1. The van der Waals surface area contributed by atoms with Crippen LogP contribution in [0.15, 0.2) is 16.6 Å². The number of rotatable bonds is 5. The maximum absolute atomic E-state index is 10.8. The van der Waals surface area contributed by atoms with Crippen LogP contribution in [0.4, 0.5) is 5.69 Å². The molecule has 0 heterocycles. The van der Waals surface area contributed by atoms with Crippen LogP contribution >= 0.6 is 15.9 Å². The van der Waals surface area contributed by atoms with Gasteiger partial charge in [-0.15, -0.1) is 0 Å². The molecule has 0 aliphatic heterocycles. The summed E-state index contributed by atoms with van der Waals surface area (Å²) >= 11 is 3.12. The van der Waals surface area contributed by atoms with Crippen LogP contribution in [0.25, 0.3) is 0 Å². The Bertz CT molecular complexity index is 453. The van der Waals surface area contributed by atoms with E-state index in [0.29, 0.717) is 10.9 Å². The van der Waals surface area contributed by atoms with E-state index in [1.54, 1.807) is 0 Å². The molecule has 0 saturated carbocycles. The van der Waals surface area contributed by atoms with Crippen molar-refractivity contribution in [3.63, 3.8) is 0 Å². The number of benzene rings is 1. The Morgan fingerprint density at radius 3 is 2.67 bits per heavy atom. The third kappa shape index (κ3) is 3.18. The van der Waals surface area contributed by atoms with Crippen LogP contribution in [0, 0.1) is 10.1 Å². The molecule has 7 heteroatoms. The number of aromatic hydroxyl groups is 1. The van der Waals surface area contributed by atoms with Gasteiger partial charge in [-0.2, -0.15) is 0 Å². The van der Waals surface area contributed by atoms with Crippen molar-refractivity contribution in [3.8, 4) is 5.75 Å². The molecule has 0 aliphatic rings. The minimum absolute atomic E-state index is 0.164. The third-order valence-electron chi connectivity index (χ3n) is 2.64. The second-order valence-corrected chi connectivity index (χ2v) is 4.92. The lowest BCUT2D eigenvalue weighted by molar-refractivity contribution is -0.386. The summed E-state index contributed by atoms with van der Waals surface area (Å²) in [6, 6.07) is 1.81. The number of aliphatic hydroxyl groups is 1. The lowest BCUT2D eigenvalue weighted by Crippen LogP contribution is -2.26. The molecule has 0 saturated heterocycles. The average molecular weight is 319 g/mol. The van der Waals surface area contributed by atoms with E-state index in [0.717, 1.165) is 6.42 Å². The maximum atomic E-state index is 10.8. The highest BCUT2D eigenvalue weighted by atomic mass is 79.9. The van der Waals surface area contributed by atoms with Crippen LogP contribution in [0.1, 0.15) is 31.4 Å². The first-order valence-corrected chi connectivity index (χ1v) is 6.28. The normalized spacial score (nSPS) is 14.2. The largest absolute Gasteiger partial charge is 0.502 e. The first-order chi connectivity index (χ1) is 8.38. The number of nitro benzene ring substituents is 1. The van der Waals surface area contributed by atoms with Gasteiger partial charge in [-0.25, -0.2) is 0 Å². The summed E-state index contributed by atoms with van der Waals surface area (Å²) in [4.78, 5) is 10.1. The fourth-order valence-electron chi connectivity index (χ4n) is 1.68. The van der Waals surface area contributed by atoms with Crippen molar-refractivity contribution in [3.05, 3.63) is 32.3 Å². The van der Waals surface area contributed by atoms with Crippen molar-refractivity contribution in [1.29, 1.82) is 0 Å². The highest BCUT2D eigenvalue weighted by molar-refractivity contribution is 9.10. The predicted molar refractivity (Wildman–Crippen MR) is 70.3 cm³/mol. The Morgan fingerprint density at radius 1 is 1.56 bits per heavy atom. The Morgan fingerprint density at radius 2 is 2.17 bits per heavy atom. The van der Waals surface area contributed by atoms with Gasteiger partial charge in [0.1, 0.15) is 0 Å². The molecule has 1 aromatic carbocycles. The number of nitro groups is 1. The smallest absolute Gasteiger partial charge is 0.312 e. The molecule has 0 bridgehead atoms. The molecule has 0 radical (unpaired) electrons. The Labute approximate surface area is 113 Å². The fraction of sp³-hybridized carbons (Fsp3) is 0.455. The van der Waals surface area contributed by atoms with Crippen molar-refractivity contribution in [2.24, 2.45) is 5.73 Å². The summed E-state index contributed by atoms with van der Waals surface area (Å²) in [5.74, 6) is -0.495. The molecular formula is C11H15BrN2O4. The molecule has 100 valence electrons. The van der Waals surface area contributed by atoms with Gasteiger partial charge in [0, 0.05) is 16.1 Å². The molecule has 0 aliphatic carbocycles. The third-order valence-corrected chi connectivity index (χ3v) is 3.10. The Kier molecular flexibility index (Phi) is 5.06. The van der Waals surface area contributed by atoms with Gasteiger partial charge in [-0.05, 0) is 12.5 Å². The van der Waals surface area contributed by atoms with Crippen molar-refractivity contribution in [1.82, 2.24) is 0 Å². The van der Waals surface area contributed by atoms with Gasteiger partial charge >= 0.3 is 5.69 Å². The topological polar surface area (TPSA) is 110 Å². The number of nitrogens with two attached hydrogens (primary N) is 1. The van der Waals surface area contributed by atoms with E-state index in [2.05, 4.69) is 15.9 Å². The predicted octanol–water partition coefficient (Wildman–Crippen LogP) is 2.22. The van der Waals surface area contributed by atoms with Crippen LogP contribution in [-0.2, 0) is 0 Å². The van der Waals surface area contributed by atoms with Crippen LogP contribution in [-0.4, -0.2) is 21.2 Å². The van der Waals surface area contributed by atoms with Crippen LogP contribution in [0.5, 0.6) is 5.75 Å². The molecule has 4 N–H and O–H groups in total. The zero-order chi connectivity index (χ0) is 13.9. The molecule has 1 aromatic rings. The van der Waals surface area contributed by atoms with Crippen molar-refractivity contribution in [2.75, 3.05) is 0 Å². The molecule has 2 atom stereocenters. The molecule has 0 amide bonds. The van der Waals surface area contributed by atoms with Crippen LogP contribution in [0.3, 0.4) is 0 Å². The summed E-state index contributed by atoms with van der Waals surface area (Å²) < 4.78 is 0.432. The van der Waals surface area contributed by atoms with Gasteiger partial charge in [-0.1, -0.05) is 29.3 Å². The minimum atomic E-state index is -0.860. The number of hydrogen-bond donors (Lipinski definition) is 3. The lowest BCUT2D eigenvalue weighted by atomic mass is 9.98. The SMILES string of the molecule is CCC[C@H](O)[C@H](N)c1cc(Br)cc([N+](=O)[O-])c1O. The van der Waals surface area contributed by atoms with E-state index in [1.807, 2.05) is 6.92 Å². The Balaban J connectivity index is 3.19. The average Bonchev–Trinajstić information content (AvgIpc) is 2.30. The van der Waals surface area contributed by atoms with Crippen LogP contribution in [0.2, 0.25) is 0 Å². The summed E-state index contributed by atoms with van der Waals surface area (Å²) in [5, 5.41) is 30.4. The molecule has 0 spiro atoms. The molecule has 18 heavy (non-hydrogen) atoms. The van der Waals surface area contributed by atoms with Gasteiger partial charge in [-0.3, -0.25) is 10.1 Å². The summed E-state index contributed by atoms with van der Waals surface area (Å²) in [6.07, 6.45) is 0.335. The number of halogens is 1. The first kappa shape index (κ1) is 14.9. The number of aliphatic hydroxyl groups excluding tert-OH is 1. The molecule has 0 fully saturated rings. The number of nitrogens with zero attached hydrogens (tertiary/aromatic N) is 1. The fourth-order valence-corrected chi connectivity index (χ4v) is 2.14. The van der Waals surface area contributed by atoms with Gasteiger partial charge in [0.2, 0.25) is 0 Å². The number of hydrogen-bond acceptors (Lipinski definition) is 5. The zero-order valence-electron chi connectivity index (χ0n) is 9.84. The molecule has 6 nitrogen and oxygen atoms in total. The molecular weight excluding hydrogens is 304 g/mol. The number of phenols is 1. The molecule has 0 aromatic heterocycles. The van der Waals surface area contributed by atoms with E-state index in [-0.39, 0.29) is 5.56 Å². The number of phenolic OH excluding ortho intramolecular Hbond substituents is 1. The van der Waals surface area contributed by atoms with E-state index >= 15 is 0 Å². The van der Waals surface area contributed by atoms with E-state index in [9.17, 15) is 20.3 Å². The Hall–Kier alpha value is -1.18. The van der Waals surface area contributed by atoms with Crippen LogP contribution < -0.4 is 5.73 Å². The van der Waals surface area contributed by atoms with E-state index < -0.39 is 28.5 Å². The van der Waals surface area contributed by atoms with Crippen molar-refractivity contribution >= 4 is 21.6 Å². The highest BCUT2D eigenvalue weighted by Crippen LogP contribution is 2.37. The lowest BCUT2D eigenvalue weighted by Gasteiger charge is -2.19. The second-order valence-electron chi connectivity index (χ2n) is 4.00.